The molecule has 0 saturated carbocycles. The van der Waals surface area contributed by atoms with Gasteiger partial charge in [0, 0.05) is 11.6 Å². The monoisotopic (exact) mass is 243 g/mol. The van der Waals surface area contributed by atoms with E-state index in [1.807, 2.05) is 13.0 Å². The molecule has 1 N–H and O–H groups in total. The average molecular weight is 243 g/mol. The SMILES string of the molecule is CCc1cc(C(=O)O)c2nccc(C(C)C)c2c1. The van der Waals surface area contributed by atoms with Crippen molar-refractivity contribution in [3.05, 3.63) is 41.1 Å². The highest BCUT2D eigenvalue weighted by Gasteiger charge is 2.14. The fraction of sp³-hybridized carbons (Fsp3) is 0.333. The summed E-state index contributed by atoms with van der Waals surface area (Å²) in [7, 11) is 0. The molecule has 2 rings (SSSR count). The highest BCUT2D eigenvalue weighted by molar-refractivity contribution is 6.03. The zero-order valence-corrected chi connectivity index (χ0v) is 10.9. The van der Waals surface area contributed by atoms with E-state index in [0.717, 1.165) is 22.9 Å². The van der Waals surface area contributed by atoms with E-state index in [2.05, 4.69) is 24.9 Å². The molecule has 0 unspecified atom stereocenters. The van der Waals surface area contributed by atoms with E-state index in [1.54, 1.807) is 12.3 Å². The largest absolute Gasteiger partial charge is 0.478 e. The molecule has 1 heterocycles. The fourth-order valence-electron chi connectivity index (χ4n) is 2.21. The van der Waals surface area contributed by atoms with Crippen LogP contribution in [0.3, 0.4) is 0 Å². The number of aryl methyl sites for hydroxylation is 1. The molecule has 0 amide bonds. The summed E-state index contributed by atoms with van der Waals surface area (Å²) in [6.45, 7) is 6.24. The lowest BCUT2D eigenvalue weighted by Crippen LogP contribution is -2.02. The van der Waals surface area contributed by atoms with Crippen LogP contribution in [-0.4, -0.2) is 16.1 Å². The predicted molar refractivity (Wildman–Crippen MR) is 72.2 cm³/mol. The molecule has 3 heteroatoms. The van der Waals surface area contributed by atoms with Crippen molar-refractivity contribution in [2.75, 3.05) is 0 Å². The maximum absolute atomic E-state index is 11.3. The molecule has 0 aliphatic heterocycles. The molecule has 18 heavy (non-hydrogen) atoms. The van der Waals surface area contributed by atoms with Crippen molar-refractivity contribution < 1.29 is 9.90 Å². The minimum Gasteiger partial charge on any atom is -0.478 e. The van der Waals surface area contributed by atoms with Crippen LogP contribution >= 0.6 is 0 Å². The standard InChI is InChI=1S/C15H17NO2/c1-4-10-7-12-11(9(2)3)5-6-16-14(12)13(8-10)15(17)18/h5-9H,4H2,1-3H3,(H,17,18). The van der Waals surface area contributed by atoms with Crippen molar-refractivity contribution in [1.29, 1.82) is 0 Å². The average Bonchev–Trinajstić information content (AvgIpc) is 2.36. The third-order valence-electron chi connectivity index (χ3n) is 3.20. The highest BCUT2D eigenvalue weighted by atomic mass is 16.4. The third kappa shape index (κ3) is 2.08. The number of hydrogen-bond donors (Lipinski definition) is 1. The number of pyridine rings is 1. The van der Waals surface area contributed by atoms with Gasteiger partial charge < -0.3 is 5.11 Å². The van der Waals surface area contributed by atoms with Gasteiger partial charge in [-0.15, -0.1) is 0 Å². The summed E-state index contributed by atoms with van der Waals surface area (Å²) in [5.74, 6) is -0.562. The summed E-state index contributed by atoms with van der Waals surface area (Å²) >= 11 is 0. The molecule has 0 spiro atoms. The number of hydrogen-bond acceptors (Lipinski definition) is 2. The molecule has 1 aromatic carbocycles. The molecule has 0 atom stereocenters. The summed E-state index contributed by atoms with van der Waals surface area (Å²) in [4.78, 5) is 15.6. The van der Waals surface area contributed by atoms with Crippen LogP contribution in [0.15, 0.2) is 24.4 Å². The van der Waals surface area contributed by atoms with Crippen LogP contribution in [0, 0.1) is 0 Å². The molecule has 0 bridgehead atoms. The first-order valence-corrected chi connectivity index (χ1v) is 6.19. The summed E-state index contributed by atoms with van der Waals surface area (Å²) in [6, 6.07) is 5.75. The van der Waals surface area contributed by atoms with Gasteiger partial charge in [-0.2, -0.15) is 0 Å². The van der Waals surface area contributed by atoms with Crippen LogP contribution in [0.4, 0.5) is 0 Å². The van der Waals surface area contributed by atoms with E-state index >= 15 is 0 Å². The zero-order valence-electron chi connectivity index (χ0n) is 10.9. The number of aromatic nitrogens is 1. The second-order valence-electron chi connectivity index (χ2n) is 4.75. The molecule has 0 aliphatic rings. The van der Waals surface area contributed by atoms with Crippen molar-refractivity contribution in [1.82, 2.24) is 4.98 Å². The van der Waals surface area contributed by atoms with Gasteiger partial charge in [0.25, 0.3) is 0 Å². The molecule has 0 saturated heterocycles. The van der Waals surface area contributed by atoms with Crippen molar-refractivity contribution in [3.8, 4) is 0 Å². The van der Waals surface area contributed by atoms with Crippen molar-refractivity contribution in [2.45, 2.75) is 33.1 Å². The van der Waals surface area contributed by atoms with E-state index in [0.29, 0.717) is 17.0 Å². The quantitative estimate of drug-likeness (QED) is 0.895. The first kappa shape index (κ1) is 12.6. The lowest BCUT2D eigenvalue weighted by atomic mass is 9.95. The van der Waals surface area contributed by atoms with E-state index in [9.17, 15) is 9.90 Å². The maximum Gasteiger partial charge on any atom is 0.337 e. The van der Waals surface area contributed by atoms with E-state index in [4.69, 9.17) is 0 Å². The number of nitrogens with zero attached hydrogens (tertiary/aromatic N) is 1. The number of aromatic carboxylic acids is 1. The van der Waals surface area contributed by atoms with Gasteiger partial charge in [0.1, 0.15) is 0 Å². The Morgan fingerprint density at radius 2 is 2.11 bits per heavy atom. The van der Waals surface area contributed by atoms with E-state index in [-0.39, 0.29) is 0 Å². The van der Waals surface area contributed by atoms with E-state index < -0.39 is 5.97 Å². The van der Waals surface area contributed by atoms with Crippen molar-refractivity contribution in [2.24, 2.45) is 0 Å². The van der Waals surface area contributed by atoms with Gasteiger partial charge in [-0.3, -0.25) is 4.98 Å². The van der Waals surface area contributed by atoms with Gasteiger partial charge in [-0.1, -0.05) is 20.8 Å². The molecule has 94 valence electrons. The van der Waals surface area contributed by atoms with Gasteiger partial charge in [0.2, 0.25) is 0 Å². The molecule has 2 aromatic rings. The zero-order chi connectivity index (χ0) is 13.3. The Balaban J connectivity index is 2.86. The minimum atomic E-state index is -0.913. The highest BCUT2D eigenvalue weighted by Crippen LogP contribution is 2.27. The van der Waals surface area contributed by atoms with Gasteiger partial charge in [0.15, 0.2) is 0 Å². The van der Waals surface area contributed by atoms with Crippen LogP contribution in [0.2, 0.25) is 0 Å². The Bertz CT molecular complexity index is 603. The molecule has 3 nitrogen and oxygen atoms in total. The van der Waals surface area contributed by atoms with Gasteiger partial charge in [-0.05, 0) is 41.7 Å². The van der Waals surface area contributed by atoms with Gasteiger partial charge in [0.05, 0.1) is 11.1 Å². The predicted octanol–water partition coefficient (Wildman–Crippen LogP) is 3.62. The summed E-state index contributed by atoms with van der Waals surface area (Å²) < 4.78 is 0. The first-order valence-electron chi connectivity index (χ1n) is 6.19. The first-order chi connectivity index (χ1) is 8.54. The number of carboxylic acids is 1. The number of carboxylic acid groups (broad SMARTS) is 1. The molecular weight excluding hydrogens is 226 g/mol. The second kappa shape index (κ2) is 4.77. The topological polar surface area (TPSA) is 50.2 Å². The van der Waals surface area contributed by atoms with Crippen molar-refractivity contribution in [3.63, 3.8) is 0 Å². The summed E-state index contributed by atoms with van der Waals surface area (Å²) in [6.07, 6.45) is 2.51. The Hall–Kier alpha value is -1.90. The lowest BCUT2D eigenvalue weighted by Gasteiger charge is -2.12. The van der Waals surface area contributed by atoms with Crippen LogP contribution in [0.1, 0.15) is 48.2 Å². The van der Waals surface area contributed by atoms with Crippen LogP contribution in [0.25, 0.3) is 10.9 Å². The maximum atomic E-state index is 11.3. The summed E-state index contributed by atoms with van der Waals surface area (Å²) in [5, 5.41) is 10.3. The Morgan fingerprint density at radius 3 is 2.67 bits per heavy atom. The number of fused-ring (bicyclic) bond motifs is 1. The minimum absolute atomic E-state index is 0.298. The normalized spacial score (nSPS) is 11.1. The molecule has 0 radical (unpaired) electrons. The van der Waals surface area contributed by atoms with Crippen LogP contribution in [0.5, 0.6) is 0 Å². The molecule has 0 aliphatic carbocycles. The van der Waals surface area contributed by atoms with Crippen LogP contribution < -0.4 is 0 Å². The van der Waals surface area contributed by atoms with Gasteiger partial charge >= 0.3 is 5.97 Å². The molecule has 0 fully saturated rings. The lowest BCUT2D eigenvalue weighted by molar-refractivity contribution is 0.0698. The fourth-order valence-corrected chi connectivity index (χ4v) is 2.21. The van der Waals surface area contributed by atoms with E-state index in [1.165, 1.54) is 0 Å². The Morgan fingerprint density at radius 1 is 1.39 bits per heavy atom. The molecule has 1 aromatic heterocycles. The third-order valence-corrected chi connectivity index (χ3v) is 3.20. The second-order valence-corrected chi connectivity index (χ2v) is 4.75. The Kier molecular flexibility index (Phi) is 3.32. The Labute approximate surface area is 106 Å². The van der Waals surface area contributed by atoms with Gasteiger partial charge in [-0.25, -0.2) is 4.79 Å². The summed E-state index contributed by atoms with van der Waals surface area (Å²) in [5.41, 5.74) is 3.07. The number of rotatable bonds is 3. The number of benzene rings is 1. The van der Waals surface area contributed by atoms with Crippen LogP contribution in [-0.2, 0) is 6.42 Å². The van der Waals surface area contributed by atoms with Crippen molar-refractivity contribution >= 4 is 16.9 Å². The smallest absolute Gasteiger partial charge is 0.337 e. The number of carbonyl (C=O) groups is 1. The molecular formula is C15H17NO2.